The van der Waals surface area contributed by atoms with Crippen LogP contribution in [0.5, 0.6) is 0 Å². The smallest absolute Gasteiger partial charge is 0.134 e. The molecule has 0 radical (unpaired) electrons. The summed E-state index contributed by atoms with van der Waals surface area (Å²) in [7, 11) is 0. The van der Waals surface area contributed by atoms with Crippen molar-refractivity contribution in [2.75, 3.05) is 5.32 Å². The van der Waals surface area contributed by atoms with Gasteiger partial charge in [-0.15, -0.1) is 0 Å². The molecule has 2 heterocycles. The highest BCUT2D eigenvalue weighted by Crippen LogP contribution is 2.21. The fourth-order valence-corrected chi connectivity index (χ4v) is 1.96. The van der Waals surface area contributed by atoms with Gasteiger partial charge in [-0.25, -0.2) is 4.98 Å². The number of benzene rings is 1. The van der Waals surface area contributed by atoms with Gasteiger partial charge in [0.2, 0.25) is 0 Å². The molecule has 0 unspecified atom stereocenters. The molecule has 0 amide bonds. The number of anilines is 1. The number of furan rings is 1. The largest absolute Gasteiger partial charge is 0.464 e. The Morgan fingerprint density at radius 2 is 2.06 bits per heavy atom. The summed E-state index contributed by atoms with van der Waals surface area (Å²) >= 11 is 5.74. The zero-order valence-corrected chi connectivity index (χ0v) is 10.3. The SMILES string of the molecule is Clc1ccc(NCc2coc3ccccc23)cn1. The van der Waals surface area contributed by atoms with Gasteiger partial charge in [-0.1, -0.05) is 29.8 Å². The highest BCUT2D eigenvalue weighted by atomic mass is 35.5. The molecular weight excluding hydrogens is 248 g/mol. The zero-order chi connectivity index (χ0) is 12.4. The number of aromatic nitrogens is 1. The molecule has 3 nitrogen and oxygen atoms in total. The highest BCUT2D eigenvalue weighted by Gasteiger charge is 2.04. The van der Waals surface area contributed by atoms with E-state index in [9.17, 15) is 0 Å². The van der Waals surface area contributed by atoms with Crippen molar-refractivity contribution < 1.29 is 4.42 Å². The third-order valence-corrected chi connectivity index (χ3v) is 3.00. The molecule has 0 spiro atoms. The summed E-state index contributed by atoms with van der Waals surface area (Å²) in [6, 6.07) is 11.6. The molecule has 1 aromatic carbocycles. The van der Waals surface area contributed by atoms with Crippen LogP contribution in [0.4, 0.5) is 5.69 Å². The van der Waals surface area contributed by atoms with E-state index in [-0.39, 0.29) is 0 Å². The van der Waals surface area contributed by atoms with Gasteiger partial charge in [-0.05, 0) is 18.2 Å². The van der Waals surface area contributed by atoms with Gasteiger partial charge in [-0.3, -0.25) is 0 Å². The third kappa shape index (κ3) is 2.17. The summed E-state index contributed by atoms with van der Waals surface area (Å²) in [5.41, 5.74) is 2.97. The number of para-hydroxylation sites is 1. The lowest BCUT2D eigenvalue weighted by Gasteiger charge is -2.04. The van der Waals surface area contributed by atoms with Crippen molar-refractivity contribution in [2.24, 2.45) is 0 Å². The van der Waals surface area contributed by atoms with E-state index in [0.29, 0.717) is 11.7 Å². The van der Waals surface area contributed by atoms with Crippen molar-refractivity contribution >= 4 is 28.3 Å². The summed E-state index contributed by atoms with van der Waals surface area (Å²) < 4.78 is 5.48. The van der Waals surface area contributed by atoms with E-state index in [1.54, 1.807) is 18.5 Å². The van der Waals surface area contributed by atoms with Crippen LogP contribution in [-0.2, 0) is 6.54 Å². The van der Waals surface area contributed by atoms with E-state index in [0.717, 1.165) is 22.2 Å². The number of hydrogen-bond acceptors (Lipinski definition) is 3. The Balaban J connectivity index is 1.79. The van der Waals surface area contributed by atoms with E-state index in [1.807, 2.05) is 24.3 Å². The first-order valence-electron chi connectivity index (χ1n) is 5.63. The Morgan fingerprint density at radius 3 is 2.89 bits per heavy atom. The van der Waals surface area contributed by atoms with Crippen LogP contribution >= 0.6 is 11.6 Å². The molecule has 4 heteroatoms. The first-order chi connectivity index (χ1) is 8.83. The van der Waals surface area contributed by atoms with Crippen LogP contribution in [0.25, 0.3) is 11.0 Å². The Bertz CT molecular complexity index is 661. The van der Waals surface area contributed by atoms with Gasteiger partial charge in [0, 0.05) is 17.5 Å². The normalized spacial score (nSPS) is 10.7. The van der Waals surface area contributed by atoms with Crippen LogP contribution in [0, 0.1) is 0 Å². The summed E-state index contributed by atoms with van der Waals surface area (Å²) in [6.45, 7) is 0.695. The number of rotatable bonds is 3. The second kappa shape index (κ2) is 4.70. The average Bonchev–Trinajstić information content (AvgIpc) is 2.82. The lowest BCUT2D eigenvalue weighted by Crippen LogP contribution is -1.98. The molecule has 0 aliphatic heterocycles. The average molecular weight is 259 g/mol. The van der Waals surface area contributed by atoms with Gasteiger partial charge in [-0.2, -0.15) is 0 Å². The molecule has 3 rings (SSSR count). The molecule has 0 bridgehead atoms. The Labute approximate surface area is 109 Å². The second-order valence-corrected chi connectivity index (χ2v) is 4.37. The van der Waals surface area contributed by atoms with E-state index >= 15 is 0 Å². The van der Waals surface area contributed by atoms with Crippen LogP contribution in [0.2, 0.25) is 5.15 Å². The number of hydrogen-bond donors (Lipinski definition) is 1. The van der Waals surface area contributed by atoms with E-state index in [1.165, 1.54) is 0 Å². The standard InChI is InChI=1S/C14H11ClN2O/c15-14-6-5-11(8-17-14)16-7-10-9-18-13-4-2-1-3-12(10)13/h1-6,8-9,16H,7H2. The molecule has 3 aromatic rings. The fraction of sp³-hybridized carbons (Fsp3) is 0.0714. The summed E-state index contributed by atoms with van der Waals surface area (Å²) in [4.78, 5) is 4.02. The Morgan fingerprint density at radius 1 is 1.17 bits per heavy atom. The number of halogens is 1. The summed E-state index contributed by atoms with van der Waals surface area (Å²) in [6.07, 6.45) is 3.49. The van der Waals surface area contributed by atoms with Crippen LogP contribution in [0.15, 0.2) is 53.3 Å². The lowest BCUT2D eigenvalue weighted by atomic mass is 10.2. The molecule has 0 saturated heterocycles. The van der Waals surface area contributed by atoms with Crippen molar-refractivity contribution in [3.05, 3.63) is 59.6 Å². The summed E-state index contributed by atoms with van der Waals surface area (Å²) in [5.74, 6) is 0. The van der Waals surface area contributed by atoms with E-state index in [2.05, 4.69) is 16.4 Å². The molecule has 0 atom stereocenters. The number of nitrogens with one attached hydrogen (secondary N) is 1. The van der Waals surface area contributed by atoms with Crippen molar-refractivity contribution in [2.45, 2.75) is 6.54 Å². The van der Waals surface area contributed by atoms with Crippen LogP contribution in [0.3, 0.4) is 0 Å². The maximum Gasteiger partial charge on any atom is 0.134 e. The maximum absolute atomic E-state index is 5.74. The second-order valence-electron chi connectivity index (χ2n) is 3.98. The van der Waals surface area contributed by atoms with Gasteiger partial charge in [0.1, 0.15) is 10.7 Å². The van der Waals surface area contributed by atoms with Gasteiger partial charge < -0.3 is 9.73 Å². The molecule has 0 saturated carbocycles. The van der Waals surface area contributed by atoms with Gasteiger partial charge in [0.05, 0.1) is 18.1 Å². The molecule has 1 N–H and O–H groups in total. The van der Waals surface area contributed by atoms with Gasteiger partial charge >= 0.3 is 0 Å². The maximum atomic E-state index is 5.74. The molecule has 0 fully saturated rings. The fourth-order valence-electron chi connectivity index (χ4n) is 1.85. The number of pyridine rings is 1. The summed E-state index contributed by atoms with van der Waals surface area (Å²) in [5, 5.41) is 4.91. The van der Waals surface area contributed by atoms with Gasteiger partial charge in [0.25, 0.3) is 0 Å². The van der Waals surface area contributed by atoms with Crippen LogP contribution < -0.4 is 5.32 Å². The van der Waals surface area contributed by atoms with Crippen LogP contribution in [-0.4, -0.2) is 4.98 Å². The minimum atomic E-state index is 0.495. The zero-order valence-electron chi connectivity index (χ0n) is 9.56. The van der Waals surface area contributed by atoms with Crippen molar-refractivity contribution in [1.82, 2.24) is 4.98 Å². The lowest BCUT2D eigenvalue weighted by molar-refractivity contribution is 0.611. The molecule has 18 heavy (non-hydrogen) atoms. The predicted octanol–water partition coefficient (Wildman–Crippen LogP) is 4.09. The number of nitrogens with zero attached hydrogens (tertiary/aromatic N) is 1. The Hall–Kier alpha value is -2.00. The first-order valence-corrected chi connectivity index (χ1v) is 6.01. The monoisotopic (exact) mass is 258 g/mol. The molecule has 0 aliphatic rings. The minimum Gasteiger partial charge on any atom is -0.464 e. The topological polar surface area (TPSA) is 38.1 Å². The van der Waals surface area contributed by atoms with Crippen molar-refractivity contribution in [3.8, 4) is 0 Å². The molecule has 90 valence electrons. The minimum absolute atomic E-state index is 0.495. The van der Waals surface area contributed by atoms with Crippen molar-refractivity contribution in [3.63, 3.8) is 0 Å². The van der Waals surface area contributed by atoms with Gasteiger partial charge in [0.15, 0.2) is 0 Å². The predicted molar refractivity (Wildman–Crippen MR) is 72.8 cm³/mol. The Kier molecular flexibility index (Phi) is 2.90. The van der Waals surface area contributed by atoms with E-state index < -0.39 is 0 Å². The molecule has 2 aromatic heterocycles. The molecule has 0 aliphatic carbocycles. The third-order valence-electron chi connectivity index (χ3n) is 2.77. The first kappa shape index (κ1) is 11.1. The highest BCUT2D eigenvalue weighted by molar-refractivity contribution is 6.29. The quantitative estimate of drug-likeness (QED) is 0.719. The molecular formula is C14H11ClN2O. The van der Waals surface area contributed by atoms with Crippen molar-refractivity contribution in [1.29, 1.82) is 0 Å². The number of fused-ring (bicyclic) bond motifs is 1. The van der Waals surface area contributed by atoms with Crippen LogP contribution in [0.1, 0.15) is 5.56 Å². The van der Waals surface area contributed by atoms with E-state index in [4.69, 9.17) is 16.0 Å².